The van der Waals surface area contributed by atoms with Crippen LogP contribution in [0.2, 0.25) is 0 Å². The first-order valence-corrected chi connectivity index (χ1v) is 5.80. The number of nitrogens with zero attached hydrogens (tertiary/aromatic N) is 1. The van der Waals surface area contributed by atoms with Gasteiger partial charge in [0.25, 0.3) is 0 Å². The maximum absolute atomic E-state index is 11.3. The molecule has 1 aromatic rings. The minimum Gasteiger partial charge on any atom is -0.444 e. The van der Waals surface area contributed by atoms with Gasteiger partial charge in [-0.3, -0.25) is 4.98 Å². The highest BCUT2D eigenvalue weighted by Gasteiger charge is 2.17. The highest BCUT2D eigenvalue weighted by Crippen LogP contribution is 2.16. The summed E-state index contributed by atoms with van der Waals surface area (Å²) in [5.41, 5.74) is 1.10. The Bertz CT molecular complexity index is 332. The lowest BCUT2D eigenvalue weighted by Gasteiger charge is -2.20. The number of carbonyl (C=O) groups is 1. The average molecular weight is 244 g/mol. The Morgan fingerprint density at radius 3 is 2.88 bits per heavy atom. The molecule has 0 fully saturated rings. The molecular weight excluding hydrogens is 228 g/mol. The third-order valence-corrected chi connectivity index (χ3v) is 2.50. The van der Waals surface area contributed by atoms with Gasteiger partial charge < -0.3 is 15.2 Å². The predicted octanol–water partition coefficient (Wildman–Crippen LogP) is 1.70. The molecule has 5 nitrogen and oxygen atoms in total. The maximum Gasteiger partial charge on any atom is 0.407 e. The molecule has 1 heterocycles. The Kier molecular flexibility index (Phi) is 4.26. The molecule has 0 aliphatic rings. The van der Waals surface area contributed by atoms with Crippen molar-refractivity contribution in [3.05, 3.63) is 16.6 Å². The van der Waals surface area contributed by atoms with Gasteiger partial charge in [-0.2, -0.15) is 0 Å². The fourth-order valence-electron chi connectivity index (χ4n) is 0.985. The van der Waals surface area contributed by atoms with E-state index in [0.29, 0.717) is 0 Å². The Hall–Kier alpha value is -1.14. The van der Waals surface area contributed by atoms with Gasteiger partial charge in [0.15, 0.2) is 0 Å². The summed E-state index contributed by atoms with van der Waals surface area (Å²) >= 11 is 1.34. The molecule has 0 bridgehead atoms. The second-order valence-electron chi connectivity index (χ2n) is 4.30. The third-order valence-electron chi connectivity index (χ3n) is 1.62. The van der Waals surface area contributed by atoms with Gasteiger partial charge in [0, 0.05) is 6.20 Å². The summed E-state index contributed by atoms with van der Waals surface area (Å²) in [6, 6.07) is 0. The highest BCUT2D eigenvalue weighted by molar-refractivity contribution is 7.09. The van der Waals surface area contributed by atoms with Crippen molar-refractivity contribution >= 4 is 17.4 Å². The van der Waals surface area contributed by atoms with E-state index in [1.54, 1.807) is 32.5 Å². The van der Waals surface area contributed by atoms with Crippen LogP contribution in [-0.2, 0) is 4.74 Å². The van der Waals surface area contributed by atoms with Crippen LogP contribution in [0.1, 0.15) is 31.8 Å². The molecule has 0 aromatic carbocycles. The molecule has 90 valence electrons. The van der Waals surface area contributed by atoms with Crippen LogP contribution in [0.15, 0.2) is 11.7 Å². The van der Waals surface area contributed by atoms with E-state index < -0.39 is 17.8 Å². The Morgan fingerprint density at radius 1 is 1.69 bits per heavy atom. The fourth-order valence-corrected chi connectivity index (χ4v) is 1.59. The van der Waals surface area contributed by atoms with Gasteiger partial charge in [0.05, 0.1) is 16.9 Å². The summed E-state index contributed by atoms with van der Waals surface area (Å²) in [6.45, 7) is 5.47. The van der Waals surface area contributed by atoms with Gasteiger partial charge in [-0.15, -0.1) is 11.3 Å². The Labute approximate surface area is 98.5 Å². The number of aliphatic hydroxyl groups excluding tert-OH is 1. The average Bonchev–Trinajstić information content (AvgIpc) is 2.64. The number of thiazole rings is 1. The number of hydrogen-bond donors (Lipinski definition) is 2. The van der Waals surface area contributed by atoms with Gasteiger partial charge in [-0.1, -0.05) is 0 Å². The van der Waals surface area contributed by atoms with Gasteiger partial charge in [0.1, 0.15) is 11.7 Å². The first-order chi connectivity index (χ1) is 7.38. The number of carbonyl (C=O) groups excluding carboxylic acids is 1. The molecule has 0 aliphatic carbocycles. The van der Waals surface area contributed by atoms with Crippen LogP contribution in [0.25, 0.3) is 0 Å². The maximum atomic E-state index is 11.3. The summed E-state index contributed by atoms with van der Waals surface area (Å²) in [5, 5.41) is 12.2. The van der Waals surface area contributed by atoms with Crippen molar-refractivity contribution in [3.8, 4) is 0 Å². The summed E-state index contributed by atoms with van der Waals surface area (Å²) in [5.74, 6) is 0. The second kappa shape index (κ2) is 5.27. The fraction of sp³-hybridized carbons (Fsp3) is 0.600. The van der Waals surface area contributed by atoms with Crippen LogP contribution in [0, 0.1) is 0 Å². The summed E-state index contributed by atoms with van der Waals surface area (Å²) < 4.78 is 5.03. The molecule has 16 heavy (non-hydrogen) atoms. The third kappa shape index (κ3) is 4.59. The van der Waals surface area contributed by atoms with Crippen LogP contribution in [-0.4, -0.2) is 28.3 Å². The van der Waals surface area contributed by atoms with E-state index in [0.717, 1.165) is 4.88 Å². The highest BCUT2D eigenvalue weighted by atomic mass is 32.1. The van der Waals surface area contributed by atoms with Crippen LogP contribution in [0.3, 0.4) is 0 Å². The summed E-state index contributed by atoms with van der Waals surface area (Å²) in [7, 11) is 0. The molecular formula is C10H16N2O3S. The van der Waals surface area contributed by atoms with Crippen LogP contribution >= 0.6 is 11.3 Å². The monoisotopic (exact) mass is 244 g/mol. The van der Waals surface area contributed by atoms with Crippen molar-refractivity contribution in [1.82, 2.24) is 10.3 Å². The topological polar surface area (TPSA) is 71.5 Å². The quantitative estimate of drug-likeness (QED) is 0.849. The zero-order chi connectivity index (χ0) is 12.2. The lowest BCUT2D eigenvalue weighted by atomic mass is 10.2. The number of amides is 1. The molecule has 0 aliphatic heterocycles. The summed E-state index contributed by atoms with van der Waals surface area (Å²) in [6.07, 6.45) is 0.308. The molecule has 1 aromatic heterocycles. The van der Waals surface area contributed by atoms with Gasteiger partial charge in [-0.25, -0.2) is 4.79 Å². The van der Waals surface area contributed by atoms with Crippen LogP contribution in [0.4, 0.5) is 4.79 Å². The number of ether oxygens (including phenoxy) is 1. The first kappa shape index (κ1) is 12.9. The van der Waals surface area contributed by atoms with Crippen LogP contribution in [0.5, 0.6) is 0 Å². The van der Waals surface area contributed by atoms with Crippen molar-refractivity contribution in [2.45, 2.75) is 32.5 Å². The zero-order valence-electron chi connectivity index (χ0n) is 9.56. The zero-order valence-corrected chi connectivity index (χ0v) is 10.4. The second-order valence-corrected chi connectivity index (χ2v) is 5.22. The number of nitrogens with one attached hydrogen (secondary N) is 1. The molecule has 0 radical (unpaired) electrons. The standard InChI is InChI=1S/C10H16N2O3S/c1-10(2,3)15-9(14)12-4-7(13)8-5-11-6-16-8/h5-7,13H,4H2,1-3H3,(H,12,14). The van der Waals surface area contributed by atoms with E-state index in [1.165, 1.54) is 11.3 Å². The molecule has 2 N–H and O–H groups in total. The van der Waals surface area contributed by atoms with Crippen LogP contribution < -0.4 is 5.32 Å². The minimum atomic E-state index is -0.736. The molecule has 1 amide bonds. The number of aliphatic hydroxyl groups is 1. The van der Waals surface area contributed by atoms with E-state index in [-0.39, 0.29) is 6.54 Å². The van der Waals surface area contributed by atoms with Gasteiger partial charge in [0.2, 0.25) is 0 Å². The van der Waals surface area contributed by atoms with Crippen molar-refractivity contribution in [3.63, 3.8) is 0 Å². The van der Waals surface area contributed by atoms with E-state index >= 15 is 0 Å². The van der Waals surface area contributed by atoms with Crippen molar-refractivity contribution in [1.29, 1.82) is 0 Å². The molecule has 0 saturated carbocycles. The number of alkyl carbamates (subject to hydrolysis) is 1. The minimum absolute atomic E-state index is 0.122. The lowest BCUT2D eigenvalue weighted by molar-refractivity contribution is 0.0493. The summed E-state index contributed by atoms with van der Waals surface area (Å²) in [4.78, 5) is 15.8. The lowest BCUT2D eigenvalue weighted by Crippen LogP contribution is -2.34. The molecule has 0 saturated heterocycles. The molecule has 1 atom stereocenters. The predicted molar refractivity (Wildman–Crippen MR) is 61.3 cm³/mol. The van der Waals surface area contributed by atoms with Crippen molar-refractivity contribution < 1.29 is 14.6 Å². The SMILES string of the molecule is CC(C)(C)OC(=O)NCC(O)c1cncs1. The number of rotatable bonds is 3. The smallest absolute Gasteiger partial charge is 0.407 e. The van der Waals surface area contributed by atoms with E-state index in [2.05, 4.69) is 10.3 Å². The molecule has 1 unspecified atom stereocenters. The Morgan fingerprint density at radius 2 is 2.38 bits per heavy atom. The Balaban J connectivity index is 2.32. The normalized spacial score (nSPS) is 13.2. The van der Waals surface area contributed by atoms with E-state index in [1.807, 2.05) is 0 Å². The largest absolute Gasteiger partial charge is 0.444 e. The van der Waals surface area contributed by atoms with E-state index in [9.17, 15) is 9.90 Å². The van der Waals surface area contributed by atoms with Gasteiger partial charge in [-0.05, 0) is 20.8 Å². The van der Waals surface area contributed by atoms with Crippen molar-refractivity contribution in [2.24, 2.45) is 0 Å². The van der Waals surface area contributed by atoms with Crippen molar-refractivity contribution in [2.75, 3.05) is 6.54 Å². The molecule has 6 heteroatoms. The molecule has 0 spiro atoms. The van der Waals surface area contributed by atoms with E-state index in [4.69, 9.17) is 4.74 Å². The number of aromatic nitrogens is 1. The number of hydrogen-bond acceptors (Lipinski definition) is 5. The molecule has 1 rings (SSSR count). The first-order valence-electron chi connectivity index (χ1n) is 4.92. The van der Waals surface area contributed by atoms with Gasteiger partial charge >= 0.3 is 6.09 Å².